The first-order chi connectivity index (χ1) is 9.13. The summed E-state index contributed by atoms with van der Waals surface area (Å²) in [6.07, 6.45) is 1.77. The Morgan fingerprint density at radius 3 is 2.68 bits per heavy atom. The summed E-state index contributed by atoms with van der Waals surface area (Å²) >= 11 is 1.53. The van der Waals surface area contributed by atoms with Crippen LogP contribution >= 0.6 is 11.3 Å². The Hall–Kier alpha value is -2.14. The number of nitrogens with zero attached hydrogens (tertiary/aromatic N) is 2. The summed E-state index contributed by atoms with van der Waals surface area (Å²) in [5.41, 5.74) is 3.47. The number of imidazole rings is 1. The number of aromatic nitrogens is 2. The van der Waals surface area contributed by atoms with Crippen molar-refractivity contribution in [1.29, 1.82) is 0 Å². The molecule has 0 atom stereocenters. The Morgan fingerprint density at radius 2 is 2.00 bits per heavy atom. The third-order valence-corrected chi connectivity index (χ3v) is 3.89. The molecule has 5 heteroatoms. The second-order valence-corrected chi connectivity index (χ2v) is 5.31. The molecule has 0 fully saturated rings. The Morgan fingerprint density at radius 1 is 1.26 bits per heavy atom. The van der Waals surface area contributed by atoms with Gasteiger partial charge >= 0.3 is 0 Å². The van der Waals surface area contributed by atoms with E-state index in [9.17, 15) is 4.79 Å². The van der Waals surface area contributed by atoms with Gasteiger partial charge in [-0.1, -0.05) is 17.7 Å². The topological polar surface area (TPSA) is 46.4 Å². The first-order valence-corrected chi connectivity index (χ1v) is 6.82. The smallest absolute Gasteiger partial charge is 0.275 e. The number of hydrogen-bond donors (Lipinski definition) is 1. The lowest BCUT2D eigenvalue weighted by Gasteiger charge is -2.02. The van der Waals surface area contributed by atoms with Crippen LogP contribution < -0.4 is 5.32 Å². The lowest BCUT2D eigenvalue weighted by molar-refractivity contribution is 0.102. The summed E-state index contributed by atoms with van der Waals surface area (Å²) < 4.78 is 1.93. The summed E-state index contributed by atoms with van der Waals surface area (Å²) in [4.78, 5) is 17.3. The minimum atomic E-state index is -0.181. The van der Waals surface area contributed by atoms with E-state index in [4.69, 9.17) is 0 Å². The summed E-state index contributed by atoms with van der Waals surface area (Å²) in [5, 5.41) is 4.86. The SMILES string of the molecule is Cc1ccc(NC(=O)c2cn3c(C)csc3n2)cc1. The van der Waals surface area contributed by atoms with Gasteiger partial charge in [-0.25, -0.2) is 4.98 Å². The van der Waals surface area contributed by atoms with Gasteiger partial charge in [-0.15, -0.1) is 11.3 Å². The molecule has 3 rings (SSSR count). The fraction of sp³-hybridized carbons (Fsp3) is 0.143. The molecule has 1 aromatic carbocycles. The molecule has 0 spiro atoms. The Kier molecular flexibility index (Phi) is 2.83. The number of nitrogens with one attached hydrogen (secondary N) is 1. The number of aryl methyl sites for hydroxylation is 2. The maximum atomic E-state index is 12.1. The number of benzene rings is 1. The summed E-state index contributed by atoms with van der Waals surface area (Å²) in [5.74, 6) is -0.181. The summed E-state index contributed by atoms with van der Waals surface area (Å²) in [7, 11) is 0. The minimum absolute atomic E-state index is 0.181. The predicted octanol–water partition coefficient (Wildman–Crippen LogP) is 3.26. The highest BCUT2D eigenvalue weighted by molar-refractivity contribution is 7.15. The van der Waals surface area contributed by atoms with Crippen LogP contribution in [0.1, 0.15) is 21.7 Å². The van der Waals surface area contributed by atoms with Gasteiger partial charge in [0.15, 0.2) is 4.96 Å². The molecule has 0 aliphatic rings. The molecule has 2 aromatic heterocycles. The average Bonchev–Trinajstić information content (AvgIpc) is 2.95. The third kappa shape index (κ3) is 2.24. The van der Waals surface area contributed by atoms with E-state index in [1.54, 1.807) is 6.20 Å². The molecule has 1 N–H and O–H groups in total. The van der Waals surface area contributed by atoms with E-state index in [2.05, 4.69) is 10.3 Å². The maximum Gasteiger partial charge on any atom is 0.275 e. The molecular formula is C14H13N3OS. The zero-order valence-corrected chi connectivity index (χ0v) is 11.5. The number of thiazole rings is 1. The molecule has 0 aliphatic heterocycles. The lowest BCUT2D eigenvalue weighted by atomic mass is 10.2. The largest absolute Gasteiger partial charge is 0.321 e. The normalized spacial score (nSPS) is 10.8. The van der Waals surface area contributed by atoms with Gasteiger partial charge in [-0.3, -0.25) is 9.20 Å². The highest BCUT2D eigenvalue weighted by Crippen LogP contribution is 2.17. The highest BCUT2D eigenvalue weighted by Gasteiger charge is 2.12. The number of hydrogen-bond acceptors (Lipinski definition) is 3. The molecule has 1 amide bonds. The van der Waals surface area contributed by atoms with Crippen LogP contribution in [0, 0.1) is 13.8 Å². The summed E-state index contributed by atoms with van der Waals surface area (Å²) in [6, 6.07) is 7.70. The van der Waals surface area contributed by atoms with Crippen molar-refractivity contribution in [3.63, 3.8) is 0 Å². The first kappa shape index (κ1) is 11.9. The molecule has 3 aromatic rings. The van der Waals surface area contributed by atoms with Gasteiger partial charge in [-0.2, -0.15) is 0 Å². The van der Waals surface area contributed by atoms with Crippen molar-refractivity contribution in [2.45, 2.75) is 13.8 Å². The monoisotopic (exact) mass is 271 g/mol. The molecule has 0 bridgehead atoms. The van der Waals surface area contributed by atoms with Crippen molar-refractivity contribution in [3.05, 3.63) is 52.8 Å². The van der Waals surface area contributed by atoms with E-state index < -0.39 is 0 Å². The van der Waals surface area contributed by atoms with E-state index in [-0.39, 0.29) is 5.91 Å². The van der Waals surface area contributed by atoms with E-state index >= 15 is 0 Å². The van der Waals surface area contributed by atoms with Crippen LogP contribution in [0.4, 0.5) is 5.69 Å². The Balaban J connectivity index is 1.85. The standard InChI is InChI=1S/C14H13N3OS/c1-9-3-5-11(6-4-9)15-13(18)12-7-17-10(2)8-19-14(17)16-12/h3-8H,1-2H3,(H,15,18). The van der Waals surface area contributed by atoms with Gasteiger partial charge in [0.1, 0.15) is 5.69 Å². The number of anilines is 1. The molecule has 4 nitrogen and oxygen atoms in total. The van der Waals surface area contributed by atoms with Crippen LogP contribution in [0.25, 0.3) is 4.96 Å². The number of carbonyl (C=O) groups is 1. The van der Waals surface area contributed by atoms with Crippen LogP contribution in [-0.4, -0.2) is 15.3 Å². The quantitative estimate of drug-likeness (QED) is 0.777. The van der Waals surface area contributed by atoms with E-state index in [0.717, 1.165) is 21.9 Å². The van der Waals surface area contributed by atoms with Crippen molar-refractivity contribution in [3.8, 4) is 0 Å². The van der Waals surface area contributed by atoms with Crippen molar-refractivity contribution in [1.82, 2.24) is 9.38 Å². The Bertz CT molecular complexity index is 740. The van der Waals surface area contributed by atoms with Gasteiger partial charge in [0, 0.05) is 23.0 Å². The van der Waals surface area contributed by atoms with Gasteiger partial charge in [0.2, 0.25) is 0 Å². The Labute approximate surface area is 114 Å². The van der Waals surface area contributed by atoms with E-state index in [0.29, 0.717) is 5.69 Å². The van der Waals surface area contributed by atoms with E-state index in [1.165, 1.54) is 11.3 Å². The number of carbonyl (C=O) groups excluding carboxylic acids is 1. The van der Waals surface area contributed by atoms with Crippen LogP contribution in [-0.2, 0) is 0 Å². The molecule has 0 saturated heterocycles. The molecule has 0 saturated carbocycles. The van der Waals surface area contributed by atoms with Crippen molar-refractivity contribution < 1.29 is 4.79 Å². The number of amides is 1. The van der Waals surface area contributed by atoms with Crippen LogP contribution in [0.3, 0.4) is 0 Å². The predicted molar refractivity (Wildman–Crippen MR) is 76.9 cm³/mol. The van der Waals surface area contributed by atoms with Gasteiger partial charge in [0.05, 0.1) is 0 Å². The van der Waals surface area contributed by atoms with E-state index in [1.807, 2.05) is 47.9 Å². The van der Waals surface area contributed by atoms with Gasteiger partial charge in [-0.05, 0) is 26.0 Å². The molecule has 0 radical (unpaired) electrons. The zero-order chi connectivity index (χ0) is 13.4. The summed E-state index contributed by atoms with van der Waals surface area (Å²) in [6.45, 7) is 4.00. The van der Waals surface area contributed by atoms with Gasteiger partial charge < -0.3 is 5.32 Å². The third-order valence-electron chi connectivity index (χ3n) is 2.93. The average molecular weight is 271 g/mol. The first-order valence-electron chi connectivity index (χ1n) is 5.95. The fourth-order valence-electron chi connectivity index (χ4n) is 1.84. The van der Waals surface area contributed by atoms with Crippen LogP contribution in [0.15, 0.2) is 35.8 Å². The van der Waals surface area contributed by atoms with Crippen molar-refractivity contribution >= 4 is 27.9 Å². The van der Waals surface area contributed by atoms with Crippen molar-refractivity contribution in [2.24, 2.45) is 0 Å². The molecular weight excluding hydrogens is 258 g/mol. The maximum absolute atomic E-state index is 12.1. The number of fused-ring (bicyclic) bond motifs is 1. The second kappa shape index (κ2) is 4.51. The molecule has 96 valence electrons. The number of rotatable bonds is 2. The second-order valence-electron chi connectivity index (χ2n) is 4.48. The molecule has 0 unspecified atom stereocenters. The zero-order valence-electron chi connectivity index (χ0n) is 10.7. The van der Waals surface area contributed by atoms with Crippen LogP contribution in [0.5, 0.6) is 0 Å². The highest BCUT2D eigenvalue weighted by atomic mass is 32.1. The molecule has 0 aliphatic carbocycles. The van der Waals surface area contributed by atoms with Crippen LogP contribution in [0.2, 0.25) is 0 Å². The molecule has 19 heavy (non-hydrogen) atoms. The van der Waals surface area contributed by atoms with Gasteiger partial charge in [0.25, 0.3) is 5.91 Å². The fourth-order valence-corrected chi connectivity index (χ4v) is 2.69. The van der Waals surface area contributed by atoms with Crippen molar-refractivity contribution in [2.75, 3.05) is 5.32 Å². The minimum Gasteiger partial charge on any atom is -0.321 e. The lowest BCUT2D eigenvalue weighted by Crippen LogP contribution is -2.12. The molecule has 2 heterocycles.